The molecule has 234 valence electrons. The minimum atomic E-state index is -0.294. The van der Waals surface area contributed by atoms with Gasteiger partial charge in [-0.1, -0.05) is 24.3 Å². The monoisotopic (exact) mass is 601 g/mol. The van der Waals surface area contributed by atoms with Crippen molar-refractivity contribution in [2.24, 2.45) is 0 Å². The molecule has 1 saturated heterocycles. The minimum absolute atomic E-state index is 0. The van der Waals surface area contributed by atoms with Gasteiger partial charge in [0.1, 0.15) is 11.4 Å². The molecule has 1 amide bonds. The van der Waals surface area contributed by atoms with Crippen molar-refractivity contribution in [1.82, 2.24) is 29.3 Å². The van der Waals surface area contributed by atoms with Crippen LogP contribution in [0.3, 0.4) is 0 Å². The second kappa shape index (κ2) is 14.9. The Labute approximate surface area is 259 Å². The van der Waals surface area contributed by atoms with Crippen molar-refractivity contribution in [3.63, 3.8) is 0 Å². The Hall–Kier alpha value is -4.35. The van der Waals surface area contributed by atoms with Gasteiger partial charge in [0, 0.05) is 76.3 Å². The molecular formula is C33H43N7O4. The van der Waals surface area contributed by atoms with E-state index in [1.807, 2.05) is 51.2 Å². The normalized spacial score (nSPS) is 14.6. The first-order valence-electron chi connectivity index (χ1n) is 15.3. The van der Waals surface area contributed by atoms with Gasteiger partial charge < -0.3 is 19.7 Å². The molecule has 0 unspecified atom stereocenters. The zero-order valence-electron chi connectivity index (χ0n) is 25.7. The van der Waals surface area contributed by atoms with E-state index in [1.165, 1.54) is 0 Å². The first kappa shape index (κ1) is 31.1. The smallest absolute Gasteiger partial charge is 0.410 e. The number of hydrogen-bond acceptors (Lipinski definition) is 9. The predicted octanol–water partition coefficient (Wildman–Crippen LogP) is 4.95. The van der Waals surface area contributed by atoms with Crippen LogP contribution in [0.1, 0.15) is 52.0 Å². The van der Waals surface area contributed by atoms with Gasteiger partial charge in [-0.25, -0.2) is 9.78 Å². The standard InChI is InChI=1S/C33H41N7O4.H2/c1-24(2)40-30(41)14-12-27-23-35-32(37-31(27)40)36-25(3)26-11-13-28(34-22-26)8-7-20-43-21-19-38-15-17-39(18-16-38)33(42)44-29-9-5-4-6-10-29;/h4-6,9-14,22-25H,7-8,15-21H2,1-3H3,(H,35,36,37);1H/t25-;/m0./s1. The van der Waals surface area contributed by atoms with E-state index in [1.54, 1.807) is 39.9 Å². The van der Waals surface area contributed by atoms with E-state index in [9.17, 15) is 9.59 Å². The molecular weight excluding hydrogens is 558 g/mol. The molecule has 0 saturated carbocycles. The van der Waals surface area contributed by atoms with Crippen molar-refractivity contribution in [3.8, 4) is 5.75 Å². The van der Waals surface area contributed by atoms with E-state index in [0.717, 1.165) is 49.1 Å². The number of carbonyl (C=O) groups excluding carboxylic acids is 1. The van der Waals surface area contributed by atoms with E-state index in [-0.39, 0.29) is 25.2 Å². The number of carbonyl (C=O) groups is 1. The number of amides is 1. The molecule has 0 bridgehead atoms. The number of fused-ring (bicyclic) bond motifs is 1. The van der Waals surface area contributed by atoms with Gasteiger partial charge in [0.15, 0.2) is 0 Å². The van der Waals surface area contributed by atoms with Gasteiger partial charge in [-0.15, -0.1) is 0 Å². The number of aromatic nitrogens is 4. The highest BCUT2D eigenvalue weighted by Gasteiger charge is 2.22. The summed E-state index contributed by atoms with van der Waals surface area (Å²) in [6.07, 6.45) is 5.06. The van der Waals surface area contributed by atoms with Crippen LogP contribution >= 0.6 is 0 Å². The van der Waals surface area contributed by atoms with Crippen molar-refractivity contribution in [3.05, 3.63) is 88.6 Å². The fraction of sp³-hybridized carbons (Fsp3) is 0.424. The summed E-state index contributed by atoms with van der Waals surface area (Å²) in [7, 11) is 0. The Bertz CT molecular complexity index is 1580. The Morgan fingerprint density at radius 3 is 2.48 bits per heavy atom. The van der Waals surface area contributed by atoms with Crippen LogP contribution in [0.25, 0.3) is 11.0 Å². The van der Waals surface area contributed by atoms with E-state index < -0.39 is 0 Å². The summed E-state index contributed by atoms with van der Waals surface area (Å²) in [5, 5.41) is 4.17. The number of aryl methyl sites for hydroxylation is 1. The average Bonchev–Trinajstić information content (AvgIpc) is 3.03. The molecule has 0 aliphatic carbocycles. The Morgan fingerprint density at radius 2 is 1.75 bits per heavy atom. The number of nitrogens with zero attached hydrogens (tertiary/aromatic N) is 6. The lowest BCUT2D eigenvalue weighted by Gasteiger charge is -2.33. The molecule has 4 heterocycles. The van der Waals surface area contributed by atoms with Crippen LogP contribution in [-0.4, -0.2) is 81.3 Å². The van der Waals surface area contributed by atoms with Crippen LogP contribution in [0.15, 0.2) is 71.8 Å². The molecule has 1 aliphatic rings. The summed E-state index contributed by atoms with van der Waals surface area (Å²) >= 11 is 0. The molecule has 0 spiro atoms. The van der Waals surface area contributed by atoms with Gasteiger partial charge in [-0.3, -0.25) is 19.2 Å². The molecule has 1 atom stereocenters. The summed E-state index contributed by atoms with van der Waals surface area (Å²) < 4.78 is 13.0. The lowest BCUT2D eigenvalue weighted by Crippen LogP contribution is -2.50. The number of piperazine rings is 1. The van der Waals surface area contributed by atoms with Gasteiger partial charge in [-0.2, -0.15) is 4.98 Å². The molecule has 11 heteroatoms. The first-order valence-corrected chi connectivity index (χ1v) is 15.3. The molecule has 1 fully saturated rings. The number of benzene rings is 1. The molecule has 3 aromatic heterocycles. The number of ether oxygens (including phenoxy) is 2. The molecule has 44 heavy (non-hydrogen) atoms. The molecule has 5 rings (SSSR count). The topological polar surface area (TPSA) is 115 Å². The predicted molar refractivity (Wildman–Crippen MR) is 172 cm³/mol. The lowest BCUT2D eigenvalue weighted by molar-refractivity contribution is 0.0736. The highest BCUT2D eigenvalue weighted by Crippen LogP contribution is 2.20. The number of para-hydroxylation sites is 1. The van der Waals surface area contributed by atoms with Gasteiger partial charge in [0.25, 0.3) is 5.56 Å². The largest absolute Gasteiger partial charge is 0.415 e. The van der Waals surface area contributed by atoms with Crippen LogP contribution < -0.4 is 15.6 Å². The van der Waals surface area contributed by atoms with Crippen molar-refractivity contribution in [2.75, 3.05) is 51.3 Å². The highest BCUT2D eigenvalue weighted by atomic mass is 16.6. The van der Waals surface area contributed by atoms with E-state index in [2.05, 4.69) is 31.2 Å². The van der Waals surface area contributed by atoms with Gasteiger partial charge in [0.05, 0.1) is 12.6 Å². The summed E-state index contributed by atoms with van der Waals surface area (Å²) in [6, 6.07) is 16.5. The Kier molecular flexibility index (Phi) is 10.5. The number of rotatable bonds is 12. The van der Waals surface area contributed by atoms with E-state index >= 15 is 0 Å². The third-order valence-electron chi connectivity index (χ3n) is 7.73. The van der Waals surface area contributed by atoms with Crippen LogP contribution in [0.4, 0.5) is 10.7 Å². The van der Waals surface area contributed by atoms with Crippen molar-refractivity contribution in [2.45, 2.75) is 45.7 Å². The van der Waals surface area contributed by atoms with Crippen molar-refractivity contribution < 1.29 is 15.7 Å². The molecule has 1 aromatic carbocycles. The zero-order valence-corrected chi connectivity index (χ0v) is 25.7. The zero-order chi connectivity index (χ0) is 30.9. The lowest BCUT2D eigenvalue weighted by atomic mass is 10.1. The van der Waals surface area contributed by atoms with Crippen LogP contribution in [0.2, 0.25) is 0 Å². The van der Waals surface area contributed by atoms with Crippen LogP contribution in [0.5, 0.6) is 5.75 Å². The second-order valence-electron chi connectivity index (χ2n) is 11.3. The minimum Gasteiger partial charge on any atom is -0.410 e. The summed E-state index contributed by atoms with van der Waals surface area (Å²) in [4.78, 5) is 42.5. The fourth-order valence-corrected chi connectivity index (χ4v) is 5.18. The molecule has 4 aromatic rings. The SMILES string of the molecule is CC(C)n1c(=O)ccc2cnc(N[C@@H](C)c3ccc(CCCOCCN4CCN(C(=O)Oc5ccccc5)CC4)nc3)nc21.[HH]. The maximum atomic E-state index is 12.4. The maximum Gasteiger partial charge on any atom is 0.415 e. The Balaban J connectivity index is 0.00000461. The Morgan fingerprint density at radius 1 is 0.955 bits per heavy atom. The average molecular weight is 602 g/mol. The fourth-order valence-electron chi connectivity index (χ4n) is 5.18. The number of pyridine rings is 2. The number of nitrogens with one attached hydrogen (secondary N) is 1. The number of hydrogen-bond donors (Lipinski definition) is 1. The maximum absolute atomic E-state index is 12.4. The first-order chi connectivity index (χ1) is 21.4. The van der Waals surface area contributed by atoms with E-state index in [4.69, 9.17) is 9.47 Å². The van der Waals surface area contributed by atoms with Gasteiger partial charge in [0.2, 0.25) is 5.95 Å². The van der Waals surface area contributed by atoms with Crippen LogP contribution in [0, 0.1) is 0 Å². The molecule has 0 radical (unpaired) electrons. The second-order valence-corrected chi connectivity index (χ2v) is 11.3. The molecule has 11 nitrogen and oxygen atoms in total. The quantitative estimate of drug-likeness (QED) is 0.225. The van der Waals surface area contributed by atoms with E-state index in [0.29, 0.717) is 43.6 Å². The summed E-state index contributed by atoms with van der Waals surface area (Å²) in [6.45, 7) is 11.1. The van der Waals surface area contributed by atoms with Crippen molar-refractivity contribution >= 4 is 23.1 Å². The van der Waals surface area contributed by atoms with Crippen LogP contribution in [-0.2, 0) is 11.2 Å². The number of anilines is 1. The third kappa shape index (κ3) is 8.18. The summed E-state index contributed by atoms with van der Waals surface area (Å²) in [5.74, 6) is 1.04. The van der Waals surface area contributed by atoms with Gasteiger partial charge in [-0.05, 0) is 63.4 Å². The highest BCUT2D eigenvalue weighted by molar-refractivity contribution is 5.75. The summed E-state index contributed by atoms with van der Waals surface area (Å²) in [5.41, 5.74) is 2.59. The molecule has 1 N–H and O–H groups in total. The molecule has 1 aliphatic heterocycles. The van der Waals surface area contributed by atoms with Gasteiger partial charge >= 0.3 is 6.09 Å². The van der Waals surface area contributed by atoms with Crippen molar-refractivity contribution in [1.29, 1.82) is 0 Å². The third-order valence-corrected chi connectivity index (χ3v) is 7.73.